The van der Waals surface area contributed by atoms with Crippen LogP contribution in [0.3, 0.4) is 0 Å². The average molecular weight is 370 g/mol. The third-order valence-corrected chi connectivity index (χ3v) is 4.08. The lowest BCUT2D eigenvalue weighted by Crippen LogP contribution is -1.97. The number of nitrogens with zero attached hydrogens (tertiary/aromatic N) is 2. The summed E-state index contributed by atoms with van der Waals surface area (Å²) in [6.45, 7) is 0. The lowest BCUT2D eigenvalue weighted by Gasteiger charge is -2.13. The fourth-order valence-corrected chi connectivity index (χ4v) is 2.50. The first-order valence-electron chi connectivity index (χ1n) is 6.75. The van der Waals surface area contributed by atoms with Gasteiger partial charge in [0.25, 0.3) is 0 Å². The number of nitrogens with one attached hydrogen (secondary N) is 1. The van der Waals surface area contributed by atoms with Crippen molar-refractivity contribution in [1.29, 1.82) is 5.26 Å². The molecule has 0 spiro atoms. The molecule has 0 fully saturated rings. The molecule has 3 rings (SSSR count). The largest absolute Gasteiger partial charge is 0.507 e. The Hall–Kier alpha value is -2.78. The molecule has 0 amide bonds. The van der Waals surface area contributed by atoms with Gasteiger partial charge in [0.05, 0.1) is 28.4 Å². The molecule has 5 nitrogen and oxygen atoms in total. The van der Waals surface area contributed by atoms with Crippen LogP contribution in [0.2, 0.25) is 0 Å². The molecular formula is C17H12BrN3O2. The highest BCUT2D eigenvalue weighted by atomic mass is 79.9. The number of aromatic hydroxyl groups is 1. The first kappa shape index (κ1) is 15.1. The molecule has 2 aromatic carbocycles. The second-order valence-electron chi connectivity index (χ2n) is 4.83. The number of phenols is 1. The zero-order valence-corrected chi connectivity index (χ0v) is 13.8. The van der Waals surface area contributed by atoms with Gasteiger partial charge in [-0.05, 0) is 46.3 Å². The summed E-state index contributed by atoms with van der Waals surface area (Å²) in [5.41, 5.74) is 2.44. The molecule has 0 radical (unpaired) electrons. The van der Waals surface area contributed by atoms with Crippen LogP contribution in [0.1, 0.15) is 5.56 Å². The van der Waals surface area contributed by atoms with E-state index in [4.69, 9.17) is 4.74 Å². The highest BCUT2D eigenvalue weighted by molar-refractivity contribution is 9.10. The van der Waals surface area contributed by atoms with Crippen LogP contribution < -0.4 is 10.1 Å². The van der Waals surface area contributed by atoms with E-state index < -0.39 is 0 Å². The van der Waals surface area contributed by atoms with Gasteiger partial charge in [0.1, 0.15) is 17.6 Å². The fraction of sp³-hybridized carbons (Fsp3) is 0.0588. The number of aromatic nitrogens is 1. The maximum absolute atomic E-state index is 9.82. The summed E-state index contributed by atoms with van der Waals surface area (Å²) in [5.74, 6) is 0.792. The lowest BCUT2D eigenvalue weighted by molar-refractivity contribution is 0.415. The fourth-order valence-electron chi connectivity index (χ4n) is 2.25. The topological polar surface area (TPSA) is 78.2 Å². The number of benzene rings is 2. The predicted octanol–water partition coefficient (Wildman–Crippen LogP) is 4.33. The molecular weight excluding hydrogens is 358 g/mol. The van der Waals surface area contributed by atoms with Crippen molar-refractivity contribution in [2.75, 3.05) is 12.4 Å². The standard InChI is InChI=1S/C17H12BrN3O2/c1-23-12-3-5-15-13(7-12)17(10(8-19)9-20-15)21-11-2-4-14(18)16(22)6-11/h2-7,9,22H,1H3,(H,20,21). The third-order valence-electron chi connectivity index (χ3n) is 3.41. The molecule has 23 heavy (non-hydrogen) atoms. The van der Waals surface area contributed by atoms with Crippen LogP contribution in [0.15, 0.2) is 47.1 Å². The van der Waals surface area contributed by atoms with Gasteiger partial charge in [0.2, 0.25) is 0 Å². The first-order chi connectivity index (χ1) is 11.1. The summed E-state index contributed by atoms with van der Waals surface area (Å²) in [7, 11) is 1.59. The van der Waals surface area contributed by atoms with Crippen LogP contribution >= 0.6 is 15.9 Å². The second-order valence-corrected chi connectivity index (χ2v) is 5.69. The van der Waals surface area contributed by atoms with Crippen LogP contribution in [0.5, 0.6) is 11.5 Å². The van der Waals surface area contributed by atoms with Crippen LogP contribution in [-0.2, 0) is 0 Å². The van der Waals surface area contributed by atoms with Crippen LogP contribution in [0.25, 0.3) is 10.9 Å². The zero-order chi connectivity index (χ0) is 16.4. The summed E-state index contributed by atoms with van der Waals surface area (Å²) >= 11 is 3.24. The molecule has 3 aromatic rings. The maximum atomic E-state index is 9.82. The summed E-state index contributed by atoms with van der Waals surface area (Å²) in [6, 6.07) is 12.7. The van der Waals surface area contributed by atoms with E-state index in [9.17, 15) is 10.4 Å². The van der Waals surface area contributed by atoms with Gasteiger partial charge in [0, 0.05) is 23.3 Å². The van der Waals surface area contributed by atoms with Crippen molar-refractivity contribution in [1.82, 2.24) is 4.98 Å². The van der Waals surface area contributed by atoms with Gasteiger partial charge < -0.3 is 15.2 Å². The number of rotatable bonds is 3. The van der Waals surface area contributed by atoms with Crippen molar-refractivity contribution in [3.8, 4) is 17.6 Å². The first-order valence-corrected chi connectivity index (χ1v) is 7.54. The number of anilines is 2. The molecule has 0 unspecified atom stereocenters. The highest BCUT2D eigenvalue weighted by Gasteiger charge is 2.11. The Balaban J connectivity index is 2.17. The van der Waals surface area contributed by atoms with Crippen molar-refractivity contribution < 1.29 is 9.84 Å². The molecule has 0 atom stereocenters. The van der Waals surface area contributed by atoms with E-state index in [0.29, 0.717) is 27.2 Å². The van der Waals surface area contributed by atoms with E-state index in [1.54, 1.807) is 25.3 Å². The van der Waals surface area contributed by atoms with E-state index >= 15 is 0 Å². The van der Waals surface area contributed by atoms with E-state index in [1.165, 1.54) is 6.20 Å². The number of fused-ring (bicyclic) bond motifs is 1. The Morgan fingerprint density at radius 1 is 1.26 bits per heavy atom. The third kappa shape index (κ3) is 2.91. The highest BCUT2D eigenvalue weighted by Crippen LogP contribution is 2.33. The van der Waals surface area contributed by atoms with Crippen molar-refractivity contribution >= 4 is 38.2 Å². The molecule has 0 saturated carbocycles. The Morgan fingerprint density at radius 2 is 2.09 bits per heavy atom. The molecule has 0 aliphatic rings. The minimum Gasteiger partial charge on any atom is -0.507 e. The average Bonchev–Trinajstić information content (AvgIpc) is 2.58. The molecule has 114 valence electrons. The number of hydrogen-bond acceptors (Lipinski definition) is 5. The van der Waals surface area contributed by atoms with E-state index in [-0.39, 0.29) is 5.75 Å². The van der Waals surface area contributed by atoms with E-state index in [2.05, 4.69) is 32.3 Å². The molecule has 6 heteroatoms. The number of methoxy groups -OCH3 is 1. The molecule has 0 bridgehead atoms. The van der Waals surface area contributed by atoms with Crippen molar-refractivity contribution in [3.63, 3.8) is 0 Å². The van der Waals surface area contributed by atoms with Gasteiger partial charge in [-0.25, -0.2) is 0 Å². The Kier molecular flexibility index (Phi) is 4.04. The van der Waals surface area contributed by atoms with Gasteiger partial charge in [-0.1, -0.05) is 0 Å². The van der Waals surface area contributed by atoms with Crippen molar-refractivity contribution in [2.45, 2.75) is 0 Å². The number of nitriles is 1. The van der Waals surface area contributed by atoms with Crippen LogP contribution in [0, 0.1) is 11.3 Å². The summed E-state index contributed by atoms with van der Waals surface area (Å²) in [4.78, 5) is 4.29. The molecule has 0 aliphatic carbocycles. The summed E-state index contributed by atoms with van der Waals surface area (Å²) in [5, 5.41) is 23.1. The van der Waals surface area contributed by atoms with E-state index in [1.807, 2.05) is 18.2 Å². The van der Waals surface area contributed by atoms with Crippen molar-refractivity contribution in [2.24, 2.45) is 0 Å². The number of pyridine rings is 1. The minimum atomic E-state index is 0.115. The van der Waals surface area contributed by atoms with Crippen LogP contribution in [-0.4, -0.2) is 17.2 Å². The number of halogens is 1. The smallest absolute Gasteiger partial charge is 0.131 e. The van der Waals surface area contributed by atoms with Crippen LogP contribution in [0.4, 0.5) is 11.4 Å². The molecule has 0 saturated heterocycles. The van der Waals surface area contributed by atoms with Gasteiger partial charge in [-0.2, -0.15) is 5.26 Å². The van der Waals surface area contributed by atoms with Gasteiger partial charge in [-0.15, -0.1) is 0 Å². The Labute approximate surface area is 141 Å². The zero-order valence-electron chi connectivity index (χ0n) is 12.2. The Morgan fingerprint density at radius 3 is 2.78 bits per heavy atom. The predicted molar refractivity (Wildman–Crippen MR) is 92.1 cm³/mol. The van der Waals surface area contributed by atoms with Gasteiger partial charge in [0.15, 0.2) is 0 Å². The quantitative estimate of drug-likeness (QED) is 0.718. The lowest BCUT2D eigenvalue weighted by atomic mass is 10.1. The summed E-state index contributed by atoms with van der Waals surface area (Å²) < 4.78 is 5.85. The summed E-state index contributed by atoms with van der Waals surface area (Å²) in [6.07, 6.45) is 1.52. The molecule has 2 N–H and O–H groups in total. The second kappa shape index (κ2) is 6.15. The SMILES string of the molecule is COc1ccc2ncc(C#N)c(Nc3ccc(Br)c(O)c3)c2c1. The number of ether oxygens (including phenoxy) is 1. The number of hydrogen-bond donors (Lipinski definition) is 2. The van der Waals surface area contributed by atoms with Gasteiger partial charge >= 0.3 is 0 Å². The van der Waals surface area contributed by atoms with E-state index in [0.717, 1.165) is 10.9 Å². The Bertz CT molecular complexity index is 935. The molecule has 0 aliphatic heterocycles. The molecule has 1 aromatic heterocycles. The maximum Gasteiger partial charge on any atom is 0.131 e. The normalized spacial score (nSPS) is 10.3. The minimum absolute atomic E-state index is 0.115. The number of phenolic OH excluding ortho intramolecular Hbond substituents is 1. The molecule has 1 heterocycles. The van der Waals surface area contributed by atoms with Gasteiger partial charge in [-0.3, -0.25) is 4.98 Å². The monoisotopic (exact) mass is 369 g/mol. The van der Waals surface area contributed by atoms with Crippen molar-refractivity contribution in [3.05, 3.63) is 52.6 Å².